The number of guanidine groups is 1. The van der Waals surface area contributed by atoms with Crippen LogP contribution < -0.4 is 15.4 Å². The second kappa shape index (κ2) is 9.71. The highest BCUT2D eigenvalue weighted by molar-refractivity contribution is 7.99. The molecule has 0 aliphatic heterocycles. The lowest BCUT2D eigenvalue weighted by Crippen LogP contribution is -2.42. The van der Waals surface area contributed by atoms with Crippen LogP contribution in [0.1, 0.15) is 31.2 Å². The Balaban J connectivity index is 1.67. The van der Waals surface area contributed by atoms with Gasteiger partial charge < -0.3 is 15.4 Å². The van der Waals surface area contributed by atoms with E-state index in [0.717, 1.165) is 36.3 Å². The van der Waals surface area contributed by atoms with Crippen LogP contribution in [0.5, 0.6) is 5.75 Å². The first-order valence-electron chi connectivity index (χ1n) is 8.38. The summed E-state index contributed by atoms with van der Waals surface area (Å²) in [7, 11) is 3.55. The minimum atomic E-state index is 0.567. The third-order valence-electron chi connectivity index (χ3n) is 4.35. The summed E-state index contributed by atoms with van der Waals surface area (Å²) >= 11 is 1.98. The van der Waals surface area contributed by atoms with Gasteiger partial charge in [0.05, 0.1) is 7.11 Å². The Morgan fingerprint density at radius 2 is 2.26 bits per heavy atom. The summed E-state index contributed by atoms with van der Waals surface area (Å²) in [5.41, 5.74) is 1.31. The lowest BCUT2D eigenvalue weighted by atomic mass is 10.1. The minimum absolute atomic E-state index is 0.567. The van der Waals surface area contributed by atoms with Crippen molar-refractivity contribution in [1.82, 2.24) is 10.6 Å². The molecule has 23 heavy (non-hydrogen) atoms. The van der Waals surface area contributed by atoms with Gasteiger partial charge in [-0.15, -0.1) is 0 Å². The molecule has 128 valence electrons. The summed E-state index contributed by atoms with van der Waals surface area (Å²) in [6.07, 6.45) is 8.12. The average molecular weight is 336 g/mol. The molecule has 0 spiro atoms. The van der Waals surface area contributed by atoms with Crippen LogP contribution in [0.4, 0.5) is 0 Å². The van der Waals surface area contributed by atoms with E-state index in [1.54, 1.807) is 7.11 Å². The van der Waals surface area contributed by atoms with E-state index in [-0.39, 0.29) is 0 Å². The Hall–Kier alpha value is -1.36. The van der Waals surface area contributed by atoms with Gasteiger partial charge in [0.2, 0.25) is 0 Å². The molecule has 4 nitrogen and oxygen atoms in total. The maximum absolute atomic E-state index is 5.26. The number of benzene rings is 1. The van der Waals surface area contributed by atoms with Crippen LogP contribution in [0.2, 0.25) is 0 Å². The predicted octanol–water partition coefficient (Wildman–Crippen LogP) is 3.08. The quantitative estimate of drug-likeness (QED) is 0.457. The first kappa shape index (κ1) is 18.0. The molecular formula is C18H29N3OS. The van der Waals surface area contributed by atoms with Gasteiger partial charge in [-0.3, -0.25) is 4.99 Å². The molecule has 2 N–H and O–H groups in total. The molecule has 1 aromatic rings. The Kier molecular flexibility index (Phi) is 7.59. The molecule has 1 aliphatic carbocycles. The Morgan fingerprint density at radius 1 is 1.39 bits per heavy atom. The van der Waals surface area contributed by atoms with Gasteiger partial charge in [-0.25, -0.2) is 0 Å². The number of rotatable bonds is 7. The van der Waals surface area contributed by atoms with Crippen molar-refractivity contribution >= 4 is 17.7 Å². The summed E-state index contributed by atoms with van der Waals surface area (Å²) in [5.74, 6) is 1.86. The highest BCUT2D eigenvalue weighted by Gasteiger charge is 2.24. The highest BCUT2D eigenvalue weighted by Crippen LogP contribution is 2.27. The van der Waals surface area contributed by atoms with Crippen molar-refractivity contribution in [2.45, 2.75) is 43.4 Å². The first-order chi connectivity index (χ1) is 11.2. The molecule has 2 rings (SSSR count). The Morgan fingerprint density at radius 3 is 2.96 bits per heavy atom. The van der Waals surface area contributed by atoms with Gasteiger partial charge in [-0.1, -0.05) is 12.1 Å². The van der Waals surface area contributed by atoms with Crippen molar-refractivity contribution in [3.63, 3.8) is 0 Å². The molecule has 0 aromatic heterocycles. The van der Waals surface area contributed by atoms with Crippen molar-refractivity contribution < 1.29 is 4.74 Å². The Bertz CT molecular complexity index is 507. The third-order valence-corrected chi connectivity index (χ3v) is 5.45. The zero-order valence-corrected chi connectivity index (χ0v) is 15.3. The van der Waals surface area contributed by atoms with E-state index < -0.39 is 0 Å². The standard InChI is InChI=1S/C18H29N3OS/c1-19-18(21-15-9-10-17(13-15)23-3)20-11-5-7-14-6-4-8-16(12-14)22-2/h4,6,8,12,15,17H,5,7,9-11,13H2,1-3H3,(H2,19,20,21). The van der Waals surface area contributed by atoms with E-state index in [9.17, 15) is 0 Å². The summed E-state index contributed by atoms with van der Waals surface area (Å²) in [4.78, 5) is 4.34. The molecule has 2 unspecified atom stereocenters. The van der Waals surface area contributed by atoms with Crippen LogP contribution >= 0.6 is 11.8 Å². The number of thioether (sulfide) groups is 1. The maximum Gasteiger partial charge on any atom is 0.191 e. The molecule has 0 heterocycles. The van der Waals surface area contributed by atoms with Crippen LogP contribution in [0.25, 0.3) is 0 Å². The van der Waals surface area contributed by atoms with Gasteiger partial charge in [0.15, 0.2) is 5.96 Å². The van der Waals surface area contributed by atoms with Crippen LogP contribution in [0.3, 0.4) is 0 Å². The van der Waals surface area contributed by atoms with E-state index in [0.29, 0.717) is 6.04 Å². The smallest absolute Gasteiger partial charge is 0.191 e. The van der Waals surface area contributed by atoms with Crippen LogP contribution in [-0.2, 0) is 6.42 Å². The number of nitrogens with one attached hydrogen (secondary N) is 2. The Labute approximate surface area is 144 Å². The normalized spacial score (nSPS) is 21.3. The molecular weight excluding hydrogens is 306 g/mol. The van der Waals surface area contributed by atoms with Gasteiger partial charge in [-0.05, 0) is 56.1 Å². The summed E-state index contributed by atoms with van der Waals surface area (Å²) in [5, 5.41) is 7.79. The van der Waals surface area contributed by atoms with Gasteiger partial charge in [0.25, 0.3) is 0 Å². The number of methoxy groups -OCH3 is 1. The molecule has 1 fully saturated rings. The fourth-order valence-corrected chi connectivity index (χ4v) is 3.80. The molecule has 0 radical (unpaired) electrons. The van der Waals surface area contributed by atoms with Crippen molar-refractivity contribution in [3.05, 3.63) is 29.8 Å². The van der Waals surface area contributed by atoms with E-state index >= 15 is 0 Å². The van der Waals surface area contributed by atoms with Gasteiger partial charge in [0.1, 0.15) is 5.75 Å². The number of nitrogens with zero attached hydrogens (tertiary/aromatic N) is 1. The number of aliphatic imine (C=N–C) groups is 1. The molecule has 5 heteroatoms. The summed E-state index contributed by atoms with van der Waals surface area (Å²) in [6, 6.07) is 8.85. The molecule has 1 aliphatic rings. The number of ether oxygens (including phenoxy) is 1. The summed E-state index contributed by atoms with van der Waals surface area (Å²) in [6.45, 7) is 0.926. The lowest BCUT2D eigenvalue weighted by Gasteiger charge is -2.17. The molecule has 0 amide bonds. The zero-order chi connectivity index (χ0) is 16.5. The molecule has 0 bridgehead atoms. The largest absolute Gasteiger partial charge is 0.497 e. The van der Waals surface area contributed by atoms with Crippen LogP contribution in [-0.4, -0.2) is 44.2 Å². The minimum Gasteiger partial charge on any atom is -0.497 e. The molecule has 1 saturated carbocycles. The van der Waals surface area contributed by atoms with E-state index in [1.807, 2.05) is 30.9 Å². The second-order valence-corrected chi connectivity index (χ2v) is 7.10. The number of hydrogen-bond donors (Lipinski definition) is 2. The zero-order valence-electron chi connectivity index (χ0n) is 14.5. The van der Waals surface area contributed by atoms with Crippen LogP contribution in [0.15, 0.2) is 29.3 Å². The fraction of sp³-hybridized carbons (Fsp3) is 0.611. The van der Waals surface area contributed by atoms with E-state index in [4.69, 9.17) is 4.74 Å². The highest BCUT2D eigenvalue weighted by atomic mass is 32.2. The topological polar surface area (TPSA) is 45.7 Å². The maximum atomic E-state index is 5.26. The third kappa shape index (κ3) is 5.98. The lowest BCUT2D eigenvalue weighted by molar-refractivity contribution is 0.414. The van der Waals surface area contributed by atoms with Gasteiger partial charge >= 0.3 is 0 Å². The van der Waals surface area contributed by atoms with Gasteiger partial charge in [0, 0.05) is 24.9 Å². The van der Waals surface area contributed by atoms with Crippen molar-refractivity contribution in [2.75, 3.05) is 27.0 Å². The first-order valence-corrected chi connectivity index (χ1v) is 9.67. The van der Waals surface area contributed by atoms with Crippen molar-refractivity contribution in [3.8, 4) is 5.75 Å². The molecule has 0 saturated heterocycles. The van der Waals surface area contributed by atoms with Crippen LogP contribution in [0, 0.1) is 0 Å². The molecule has 2 atom stereocenters. The number of hydrogen-bond acceptors (Lipinski definition) is 3. The monoisotopic (exact) mass is 335 g/mol. The molecule has 1 aromatic carbocycles. The SMILES string of the molecule is CN=C(NCCCc1cccc(OC)c1)NC1CCC(SC)C1. The van der Waals surface area contributed by atoms with E-state index in [1.165, 1.54) is 24.8 Å². The number of aryl methyl sites for hydroxylation is 1. The predicted molar refractivity (Wildman–Crippen MR) is 101 cm³/mol. The van der Waals surface area contributed by atoms with Crippen molar-refractivity contribution in [1.29, 1.82) is 0 Å². The second-order valence-electron chi connectivity index (χ2n) is 5.97. The summed E-state index contributed by atoms with van der Waals surface area (Å²) < 4.78 is 5.26. The van der Waals surface area contributed by atoms with E-state index in [2.05, 4.69) is 34.0 Å². The fourth-order valence-electron chi connectivity index (χ4n) is 3.00. The average Bonchev–Trinajstić information content (AvgIpc) is 3.05. The van der Waals surface area contributed by atoms with Gasteiger partial charge in [-0.2, -0.15) is 11.8 Å². The van der Waals surface area contributed by atoms with Crippen molar-refractivity contribution in [2.24, 2.45) is 4.99 Å².